The summed E-state index contributed by atoms with van der Waals surface area (Å²) in [6.45, 7) is 1.11. The van der Waals surface area contributed by atoms with Gasteiger partial charge in [0.05, 0.1) is 16.8 Å². The number of hydrogen-bond acceptors (Lipinski definition) is 3. The van der Waals surface area contributed by atoms with Gasteiger partial charge in [-0.15, -0.1) is 0 Å². The smallest absolute Gasteiger partial charge is 0.280 e. The number of halogens is 1. The number of rotatable bonds is 4. The van der Waals surface area contributed by atoms with Gasteiger partial charge in [-0.2, -0.15) is 4.99 Å². The van der Waals surface area contributed by atoms with Gasteiger partial charge >= 0.3 is 0 Å². The van der Waals surface area contributed by atoms with E-state index in [1.165, 1.54) is 23.5 Å². The molecule has 0 fully saturated rings. The van der Waals surface area contributed by atoms with Gasteiger partial charge in [0.15, 0.2) is 4.80 Å². The van der Waals surface area contributed by atoms with E-state index in [-0.39, 0.29) is 11.7 Å². The van der Waals surface area contributed by atoms with Crippen LogP contribution in [0.1, 0.15) is 10.4 Å². The van der Waals surface area contributed by atoms with Crippen molar-refractivity contribution in [3.63, 3.8) is 0 Å². The van der Waals surface area contributed by atoms with Gasteiger partial charge in [-0.3, -0.25) is 4.79 Å². The molecular formula is C21H17FN2O2S. The number of carbonyl (C=O) groups excluding carboxylic acids is 1. The van der Waals surface area contributed by atoms with E-state index in [9.17, 15) is 9.18 Å². The highest BCUT2D eigenvalue weighted by Crippen LogP contribution is 2.23. The van der Waals surface area contributed by atoms with E-state index >= 15 is 0 Å². The van der Waals surface area contributed by atoms with Gasteiger partial charge in [-0.05, 0) is 29.7 Å². The molecule has 0 unspecified atom stereocenters. The van der Waals surface area contributed by atoms with Gasteiger partial charge in [-0.25, -0.2) is 4.39 Å². The normalized spacial score (nSPS) is 12.1. The highest BCUT2D eigenvalue weighted by molar-refractivity contribution is 7.16. The number of carbonyl (C=O) groups is 1. The number of nitrogens with zero attached hydrogens (tertiary/aromatic N) is 2. The lowest BCUT2D eigenvalue weighted by Gasteiger charge is -2.05. The predicted molar refractivity (Wildman–Crippen MR) is 105 cm³/mol. The van der Waals surface area contributed by atoms with Crippen LogP contribution in [-0.4, -0.2) is 24.2 Å². The molecule has 4 nitrogen and oxygen atoms in total. The number of amides is 1. The summed E-state index contributed by atoms with van der Waals surface area (Å²) in [5.74, 6) is -0.733. The molecule has 0 N–H and O–H groups in total. The SMILES string of the molecule is COCCn1/c(=N/C(=O)c2ccc(F)c3ccccc23)sc2ccccc21. The van der Waals surface area contributed by atoms with Gasteiger partial charge in [-0.1, -0.05) is 47.7 Å². The second-order valence-electron chi connectivity index (χ2n) is 6.05. The number of aromatic nitrogens is 1. The summed E-state index contributed by atoms with van der Waals surface area (Å²) in [6, 6.07) is 17.7. The van der Waals surface area contributed by atoms with E-state index in [4.69, 9.17) is 4.74 Å². The molecule has 4 rings (SSSR count). The van der Waals surface area contributed by atoms with Crippen LogP contribution in [-0.2, 0) is 11.3 Å². The molecule has 4 aromatic rings. The topological polar surface area (TPSA) is 43.6 Å². The molecule has 0 saturated heterocycles. The zero-order valence-electron chi connectivity index (χ0n) is 14.7. The average molecular weight is 380 g/mol. The Balaban J connectivity index is 1.87. The minimum Gasteiger partial charge on any atom is -0.383 e. The molecule has 0 aliphatic carbocycles. The van der Waals surface area contributed by atoms with Crippen molar-refractivity contribution in [1.82, 2.24) is 4.57 Å². The van der Waals surface area contributed by atoms with Crippen molar-refractivity contribution < 1.29 is 13.9 Å². The molecule has 0 aliphatic heterocycles. The molecule has 0 bridgehead atoms. The summed E-state index contributed by atoms with van der Waals surface area (Å²) in [4.78, 5) is 17.9. The number of para-hydroxylation sites is 1. The Morgan fingerprint density at radius 1 is 1.07 bits per heavy atom. The van der Waals surface area contributed by atoms with Gasteiger partial charge in [0.2, 0.25) is 0 Å². The molecule has 136 valence electrons. The van der Waals surface area contributed by atoms with Gasteiger partial charge in [0, 0.05) is 24.6 Å². The first kappa shape index (κ1) is 17.6. The molecule has 1 heterocycles. The first-order valence-electron chi connectivity index (χ1n) is 8.52. The van der Waals surface area contributed by atoms with Crippen LogP contribution in [0, 0.1) is 5.82 Å². The van der Waals surface area contributed by atoms with Gasteiger partial charge in [0.25, 0.3) is 5.91 Å². The second-order valence-corrected chi connectivity index (χ2v) is 7.06. The number of thiazole rings is 1. The van der Waals surface area contributed by atoms with Crippen molar-refractivity contribution in [3.05, 3.63) is 76.8 Å². The standard InChI is InChI=1S/C21H17FN2O2S/c1-26-13-12-24-18-8-4-5-9-19(18)27-21(24)23-20(25)16-10-11-17(22)15-7-3-2-6-14(15)16/h2-11H,12-13H2,1H3/b23-21-. The van der Waals surface area contributed by atoms with Crippen LogP contribution >= 0.6 is 11.3 Å². The molecular weight excluding hydrogens is 363 g/mol. The Bertz CT molecular complexity index is 1210. The van der Waals surface area contributed by atoms with Crippen LogP contribution in [0.25, 0.3) is 21.0 Å². The lowest BCUT2D eigenvalue weighted by Crippen LogP contribution is -2.19. The largest absolute Gasteiger partial charge is 0.383 e. The highest BCUT2D eigenvalue weighted by atomic mass is 32.1. The summed E-state index contributed by atoms with van der Waals surface area (Å²) in [6.07, 6.45) is 0. The number of fused-ring (bicyclic) bond motifs is 2. The lowest BCUT2D eigenvalue weighted by molar-refractivity contribution is 0.0999. The molecule has 0 atom stereocenters. The Kier molecular flexibility index (Phi) is 4.83. The second kappa shape index (κ2) is 7.42. The van der Waals surface area contributed by atoms with Crippen LogP contribution in [0.4, 0.5) is 4.39 Å². The maximum absolute atomic E-state index is 14.0. The number of hydrogen-bond donors (Lipinski definition) is 0. The average Bonchev–Trinajstić information content (AvgIpc) is 3.03. The molecule has 1 aromatic heterocycles. The van der Waals surface area contributed by atoms with Crippen LogP contribution < -0.4 is 4.80 Å². The fourth-order valence-corrected chi connectivity index (χ4v) is 4.16. The Morgan fingerprint density at radius 2 is 1.81 bits per heavy atom. The quantitative estimate of drug-likeness (QED) is 0.527. The highest BCUT2D eigenvalue weighted by Gasteiger charge is 2.13. The van der Waals surface area contributed by atoms with Crippen molar-refractivity contribution in [2.75, 3.05) is 13.7 Å². The van der Waals surface area contributed by atoms with E-state index in [1.807, 2.05) is 28.8 Å². The van der Waals surface area contributed by atoms with Crippen molar-refractivity contribution in [1.29, 1.82) is 0 Å². The van der Waals surface area contributed by atoms with Crippen molar-refractivity contribution in [2.24, 2.45) is 4.99 Å². The molecule has 3 aromatic carbocycles. The van der Waals surface area contributed by atoms with E-state index < -0.39 is 0 Å². The summed E-state index contributed by atoms with van der Waals surface area (Å²) < 4.78 is 22.3. The monoisotopic (exact) mass is 380 g/mol. The lowest BCUT2D eigenvalue weighted by atomic mass is 10.0. The third-order valence-electron chi connectivity index (χ3n) is 4.41. The van der Waals surface area contributed by atoms with Crippen molar-refractivity contribution in [2.45, 2.75) is 6.54 Å². The minimum atomic E-state index is -0.385. The Labute approximate surface area is 159 Å². The van der Waals surface area contributed by atoms with Crippen molar-refractivity contribution in [3.8, 4) is 0 Å². The zero-order valence-corrected chi connectivity index (χ0v) is 15.5. The molecule has 6 heteroatoms. The zero-order chi connectivity index (χ0) is 18.8. The van der Waals surface area contributed by atoms with E-state index in [0.29, 0.717) is 34.3 Å². The fraction of sp³-hybridized carbons (Fsp3) is 0.143. The van der Waals surface area contributed by atoms with Crippen LogP contribution in [0.3, 0.4) is 0 Å². The van der Waals surface area contributed by atoms with E-state index in [1.54, 1.807) is 31.4 Å². The molecule has 1 amide bonds. The first-order chi connectivity index (χ1) is 13.2. The summed E-state index contributed by atoms with van der Waals surface area (Å²) in [7, 11) is 1.64. The van der Waals surface area contributed by atoms with Crippen LogP contribution in [0.5, 0.6) is 0 Å². The molecule has 0 saturated carbocycles. The Morgan fingerprint density at radius 3 is 2.63 bits per heavy atom. The third-order valence-corrected chi connectivity index (χ3v) is 5.47. The summed E-state index contributed by atoms with van der Waals surface area (Å²) >= 11 is 1.45. The molecule has 0 radical (unpaired) electrons. The van der Waals surface area contributed by atoms with Crippen molar-refractivity contribution >= 4 is 38.2 Å². The maximum Gasteiger partial charge on any atom is 0.280 e. The van der Waals surface area contributed by atoms with E-state index in [0.717, 1.165) is 10.2 Å². The number of benzene rings is 3. The summed E-state index contributed by atoms with van der Waals surface area (Å²) in [5, 5.41) is 0.984. The molecule has 0 spiro atoms. The maximum atomic E-state index is 14.0. The van der Waals surface area contributed by atoms with Crippen LogP contribution in [0.2, 0.25) is 0 Å². The van der Waals surface area contributed by atoms with E-state index in [2.05, 4.69) is 4.99 Å². The summed E-state index contributed by atoms with van der Waals surface area (Å²) in [5.41, 5.74) is 1.40. The van der Waals surface area contributed by atoms with Gasteiger partial charge in [0.1, 0.15) is 5.82 Å². The molecule has 27 heavy (non-hydrogen) atoms. The third kappa shape index (κ3) is 3.29. The number of methoxy groups -OCH3 is 1. The minimum absolute atomic E-state index is 0.348. The van der Waals surface area contributed by atoms with Crippen LogP contribution in [0.15, 0.2) is 65.7 Å². The number of ether oxygens (including phenoxy) is 1. The first-order valence-corrected chi connectivity index (χ1v) is 9.34. The van der Waals surface area contributed by atoms with Gasteiger partial charge < -0.3 is 9.30 Å². The fourth-order valence-electron chi connectivity index (χ4n) is 3.10. The predicted octanol–water partition coefficient (Wildman–Crippen LogP) is 4.38. The Hall–Kier alpha value is -2.83. The molecule has 0 aliphatic rings.